The maximum Gasteiger partial charge on any atom is 0.251 e. The molecule has 2 aromatic carbocycles. The largest absolute Gasteiger partial charge is 0.495 e. The van der Waals surface area contributed by atoms with Crippen molar-refractivity contribution in [2.45, 2.75) is 50.6 Å². The molecule has 2 aliphatic rings. The van der Waals surface area contributed by atoms with Crippen molar-refractivity contribution in [3.63, 3.8) is 0 Å². The predicted octanol–water partition coefficient (Wildman–Crippen LogP) is 3.76. The van der Waals surface area contributed by atoms with E-state index in [0.29, 0.717) is 30.5 Å². The third-order valence-electron chi connectivity index (χ3n) is 7.05. The SMILES string of the molecule is COc1ccc(C(=O)NC2CCN(Cc3ccccc3)CC2)cc1S(=O)(=O)N1CC(C)CC(C)C1. The first-order valence-corrected chi connectivity index (χ1v) is 14.0. The van der Waals surface area contributed by atoms with Gasteiger partial charge in [0.2, 0.25) is 10.0 Å². The van der Waals surface area contributed by atoms with E-state index in [9.17, 15) is 13.2 Å². The molecular formula is C27H37N3O4S. The van der Waals surface area contributed by atoms with Gasteiger partial charge in [-0.05, 0) is 54.9 Å². The van der Waals surface area contributed by atoms with E-state index in [2.05, 4.69) is 48.3 Å². The van der Waals surface area contributed by atoms with Crippen molar-refractivity contribution >= 4 is 15.9 Å². The van der Waals surface area contributed by atoms with Crippen molar-refractivity contribution in [3.05, 3.63) is 59.7 Å². The van der Waals surface area contributed by atoms with Crippen LogP contribution in [0.5, 0.6) is 5.75 Å². The molecule has 0 aliphatic carbocycles. The lowest BCUT2D eigenvalue weighted by atomic mass is 9.94. The van der Waals surface area contributed by atoms with E-state index in [1.807, 2.05) is 6.07 Å². The van der Waals surface area contributed by atoms with E-state index >= 15 is 0 Å². The Hall–Kier alpha value is -2.42. The molecule has 2 unspecified atom stereocenters. The molecule has 7 nitrogen and oxygen atoms in total. The molecule has 2 saturated heterocycles. The molecule has 0 bridgehead atoms. The molecule has 0 aromatic heterocycles. The summed E-state index contributed by atoms with van der Waals surface area (Å²) in [6, 6.07) is 15.2. The molecule has 190 valence electrons. The molecule has 1 N–H and O–H groups in total. The lowest BCUT2D eigenvalue weighted by molar-refractivity contribution is 0.0908. The highest BCUT2D eigenvalue weighted by atomic mass is 32.2. The number of likely N-dealkylation sites (tertiary alicyclic amines) is 1. The fourth-order valence-corrected chi connectivity index (χ4v) is 7.17. The number of carbonyl (C=O) groups excluding carboxylic acids is 1. The number of hydrogen-bond acceptors (Lipinski definition) is 5. The number of ether oxygens (including phenoxy) is 1. The average molecular weight is 500 g/mol. The fraction of sp³-hybridized carbons (Fsp3) is 0.519. The Kier molecular flexibility index (Phi) is 8.14. The summed E-state index contributed by atoms with van der Waals surface area (Å²) in [4.78, 5) is 15.5. The van der Waals surface area contributed by atoms with Gasteiger partial charge in [-0.25, -0.2) is 8.42 Å². The Morgan fingerprint density at radius 3 is 2.31 bits per heavy atom. The zero-order chi connectivity index (χ0) is 25.0. The summed E-state index contributed by atoms with van der Waals surface area (Å²) in [5, 5.41) is 3.11. The first-order chi connectivity index (χ1) is 16.8. The molecule has 0 radical (unpaired) electrons. The van der Waals surface area contributed by atoms with Crippen molar-refractivity contribution in [2.24, 2.45) is 11.8 Å². The van der Waals surface area contributed by atoms with Gasteiger partial charge in [0.1, 0.15) is 10.6 Å². The maximum atomic E-state index is 13.5. The van der Waals surface area contributed by atoms with Crippen LogP contribution in [-0.2, 0) is 16.6 Å². The van der Waals surface area contributed by atoms with Crippen LogP contribution in [0.2, 0.25) is 0 Å². The summed E-state index contributed by atoms with van der Waals surface area (Å²) in [6.07, 6.45) is 2.74. The monoisotopic (exact) mass is 499 g/mol. The number of hydrogen-bond donors (Lipinski definition) is 1. The number of nitrogens with one attached hydrogen (secondary N) is 1. The van der Waals surface area contributed by atoms with Crippen molar-refractivity contribution < 1.29 is 17.9 Å². The average Bonchev–Trinajstić information content (AvgIpc) is 2.85. The zero-order valence-electron chi connectivity index (χ0n) is 20.9. The standard InChI is InChI=1S/C27H37N3O4S/c1-20-15-21(2)18-30(17-20)35(32,33)26-16-23(9-10-25(26)34-3)27(31)28-24-11-13-29(14-12-24)19-22-7-5-4-6-8-22/h4-10,16,20-21,24H,11-15,17-19H2,1-3H3,(H,28,31). The summed E-state index contributed by atoms with van der Waals surface area (Å²) in [5.41, 5.74) is 1.63. The minimum absolute atomic E-state index is 0.0617. The first-order valence-electron chi connectivity index (χ1n) is 12.5. The molecule has 2 aliphatic heterocycles. The summed E-state index contributed by atoms with van der Waals surface area (Å²) in [7, 11) is -2.32. The number of rotatable bonds is 7. The van der Waals surface area contributed by atoms with Gasteiger partial charge in [0.25, 0.3) is 5.91 Å². The molecule has 35 heavy (non-hydrogen) atoms. The number of sulfonamides is 1. The van der Waals surface area contributed by atoms with Gasteiger partial charge in [-0.3, -0.25) is 9.69 Å². The number of methoxy groups -OCH3 is 1. The number of carbonyl (C=O) groups is 1. The van der Waals surface area contributed by atoms with Crippen molar-refractivity contribution in [2.75, 3.05) is 33.3 Å². The van der Waals surface area contributed by atoms with Crippen LogP contribution in [0.3, 0.4) is 0 Å². The van der Waals surface area contributed by atoms with E-state index in [0.717, 1.165) is 38.9 Å². The van der Waals surface area contributed by atoms with Gasteiger partial charge in [0, 0.05) is 44.3 Å². The van der Waals surface area contributed by atoms with Gasteiger partial charge in [0.05, 0.1) is 7.11 Å². The molecule has 4 rings (SSSR count). The van der Waals surface area contributed by atoms with E-state index in [1.54, 1.807) is 12.1 Å². The molecule has 2 fully saturated rings. The van der Waals surface area contributed by atoms with Gasteiger partial charge < -0.3 is 10.1 Å². The molecule has 0 spiro atoms. The maximum absolute atomic E-state index is 13.5. The van der Waals surface area contributed by atoms with Crippen LogP contribution in [0.4, 0.5) is 0 Å². The topological polar surface area (TPSA) is 79.0 Å². The minimum Gasteiger partial charge on any atom is -0.495 e. The summed E-state index contributed by atoms with van der Waals surface area (Å²) >= 11 is 0. The fourth-order valence-electron chi connectivity index (χ4n) is 5.31. The van der Waals surface area contributed by atoms with Crippen molar-refractivity contribution in [3.8, 4) is 5.75 Å². The smallest absolute Gasteiger partial charge is 0.251 e. The second kappa shape index (κ2) is 11.1. The normalized spacial score (nSPS) is 22.6. The van der Waals surface area contributed by atoms with Crippen LogP contribution >= 0.6 is 0 Å². The van der Waals surface area contributed by atoms with E-state index in [-0.39, 0.29) is 22.6 Å². The van der Waals surface area contributed by atoms with Gasteiger partial charge >= 0.3 is 0 Å². The molecule has 1 amide bonds. The quantitative estimate of drug-likeness (QED) is 0.628. The number of piperidine rings is 2. The highest BCUT2D eigenvalue weighted by Gasteiger charge is 2.34. The lowest BCUT2D eigenvalue weighted by Crippen LogP contribution is -2.44. The Balaban J connectivity index is 1.42. The molecule has 8 heteroatoms. The summed E-state index contributed by atoms with van der Waals surface area (Å²) in [6.45, 7) is 7.84. The van der Waals surface area contributed by atoms with E-state index in [4.69, 9.17) is 4.74 Å². The highest BCUT2D eigenvalue weighted by molar-refractivity contribution is 7.89. The van der Waals surface area contributed by atoms with Gasteiger partial charge in [0.15, 0.2) is 0 Å². The van der Waals surface area contributed by atoms with Crippen molar-refractivity contribution in [1.29, 1.82) is 0 Å². The Labute approximate surface area is 209 Å². The molecule has 2 aromatic rings. The van der Waals surface area contributed by atoms with E-state index in [1.165, 1.54) is 23.0 Å². The number of amides is 1. The van der Waals surface area contributed by atoms with Crippen LogP contribution < -0.4 is 10.1 Å². The van der Waals surface area contributed by atoms with Crippen LogP contribution in [0.1, 0.15) is 49.0 Å². The molecule has 2 heterocycles. The zero-order valence-corrected chi connectivity index (χ0v) is 21.8. The van der Waals surface area contributed by atoms with Crippen LogP contribution in [0.25, 0.3) is 0 Å². The Morgan fingerprint density at radius 1 is 1.03 bits per heavy atom. The lowest BCUT2D eigenvalue weighted by Gasteiger charge is -2.34. The van der Waals surface area contributed by atoms with Crippen LogP contribution in [0.15, 0.2) is 53.4 Å². The number of benzene rings is 2. The van der Waals surface area contributed by atoms with Gasteiger partial charge in [-0.15, -0.1) is 0 Å². The predicted molar refractivity (Wildman–Crippen MR) is 137 cm³/mol. The van der Waals surface area contributed by atoms with E-state index < -0.39 is 10.0 Å². The third-order valence-corrected chi connectivity index (χ3v) is 8.90. The molecule has 0 saturated carbocycles. The molecule has 2 atom stereocenters. The third kappa shape index (κ3) is 6.23. The highest BCUT2D eigenvalue weighted by Crippen LogP contribution is 2.32. The second-order valence-corrected chi connectivity index (χ2v) is 12.0. The Morgan fingerprint density at radius 2 is 1.69 bits per heavy atom. The number of nitrogens with zero attached hydrogens (tertiary/aromatic N) is 2. The van der Waals surface area contributed by atoms with Crippen LogP contribution in [0, 0.1) is 11.8 Å². The minimum atomic E-state index is -3.78. The Bertz CT molecular complexity index is 1100. The summed E-state index contributed by atoms with van der Waals surface area (Å²) in [5.74, 6) is 0.602. The van der Waals surface area contributed by atoms with Gasteiger partial charge in [-0.2, -0.15) is 4.31 Å². The van der Waals surface area contributed by atoms with Crippen LogP contribution in [-0.4, -0.2) is 62.9 Å². The first kappa shape index (κ1) is 25.7. The van der Waals surface area contributed by atoms with Gasteiger partial charge in [-0.1, -0.05) is 44.2 Å². The summed E-state index contributed by atoms with van der Waals surface area (Å²) < 4.78 is 33.9. The van der Waals surface area contributed by atoms with Crippen molar-refractivity contribution in [1.82, 2.24) is 14.5 Å². The molecular weight excluding hydrogens is 462 g/mol. The second-order valence-electron chi connectivity index (χ2n) is 10.1.